The molecule has 0 saturated heterocycles. The topological polar surface area (TPSA) is 26.6 Å². The Kier molecular flexibility index (Phi) is 18.6. The Morgan fingerprint density at radius 2 is 1.62 bits per heavy atom. The van der Waals surface area contributed by atoms with Gasteiger partial charge < -0.3 is 21.5 Å². The number of halogens is 4. The molecule has 4 nitrogen and oxygen atoms in total. The van der Waals surface area contributed by atoms with Gasteiger partial charge >= 0.3 is 0 Å². The number of rotatable bonds is 5. The van der Waals surface area contributed by atoms with E-state index in [0.29, 0.717) is 0 Å². The van der Waals surface area contributed by atoms with Gasteiger partial charge in [-0.1, -0.05) is 47.8 Å². The molecule has 0 aliphatic rings. The van der Waals surface area contributed by atoms with Crippen LogP contribution in [0.15, 0.2) is 24.8 Å². The molecule has 0 bridgehead atoms. The first-order chi connectivity index (χ1) is 11.0. The van der Waals surface area contributed by atoms with Gasteiger partial charge in [0, 0.05) is 42.4 Å². The van der Waals surface area contributed by atoms with Crippen LogP contribution in [0.4, 0.5) is 0 Å². The largest absolute Gasteiger partial charge is 1.00 e. The summed E-state index contributed by atoms with van der Waals surface area (Å²) in [5, 5.41) is 3.30. The third-order valence-corrected chi connectivity index (χ3v) is 4.94. The normalized spacial score (nSPS) is 9.29. The van der Waals surface area contributed by atoms with Gasteiger partial charge in [-0.2, -0.15) is 0 Å². The maximum atomic E-state index is 3.98. The number of imidazole rings is 2. The number of aromatic nitrogens is 4. The van der Waals surface area contributed by atoms with Gasteiger partial charge in [0.25, 0.3) is 5.82 Å². The zero-order valence-electron chi connectivity index (χ0n) is 14.9. The van der Waals surface area contributed by atoms with Crippen LogP contribution in [0.3, 0.4) is 0 Å². The van der Waals surface area contributed by atoms with Crippen LogP contribution in [-0.4, -0.2) is 30.1 Å². The Hall–Kier alpha value is 0.340. The molecule has 0 atom stereocenters. The van der Waals surface area contributed by atoms with Crippen molar-refractivity contribution in [3.8, 4) is 0 Å². The van der Waals surface area contributed by atoms with Crippen LogP contribution in [-0.2, 0) is 20.6 Å². The lowest BCUT2D eigenvalue weighted by atomic mass is 10.5. The molecule has 0 fully saturated rings. The quantitative estimate of drug-likeness (QED) is 0.378. The monoisotopic (exact) mass is 592 g/mol. The lowest BCUT2D eigenvalue weighted by molar-refractivity contribution is -0.677. The van der Waals surface area contributed by atoms with E-state index >= 15 is 0 Å². The first-order valence-corrected chi connectivity index (χ1v) is 11.0. The van der Waals surface area contributed by atoms with E-state index in [1.54, 1.807) is 6.20 Å². The van der Waals surface area contributed by atoms with Crippen molar-refractivity contribution in [2.75, 3.05) is 16.0 Å². The van der Waals surface area contributed by atoms with Gasteiger partial charge in [0.2, 0.25) is 0 Å². The lowest BCUT2D eigenvalue weighted by Crippen LogP contribution is -3.00. The van der Waals surface area contributed by atoms with Gasteiger partial charge in [-0.3, -0.25) is 0 Å². The van der Waals surface area contributed by atoms with Crippen LogP contribution in [0.5, 0.6) is 0 Å². The van der Waals surface area contributed by atoms with E-state index in [-0.39, 0.29) is 17.0 Å². The van der Waals surface area contributed by atoms with Crippen LogP contribution < -0.4 is 21.5 Å². The molecule has 0 aromatic carbocycles. The maximum absolute atomic E-state index is 3.98. The molecule has 2 aromatic rings. The van der Waals surface area contributed by atoms with Crippen molar-refractivity contribution in [1.29, 1.82) is 0 Å². The number of hydrogen-bond donors (Lipinski definition) is 0. The van der Waals surface area contributed by atoms with E-state index in [1.165, 1.54) is 18.7 Å². The van der Waals surface area contributed by atoms with Crippen molar-refractivity contribution in [3.63, 3.8) is 0 Å². The highest BCUT2D eigenvalue weighted by atomic mass is 79.9. The molecule has 24 heavy (non-hydrogen) atoms. The molecule has 140 valence electrons. The van der Waals surface area contributed by atoms with E-state index in [0.717, 1.165) is 28.4 Å². The lowest BCUT2D eigenvalue weighted by Gasteiger charge is -1.95. The third kappa shape index (κ3) is 11.8. The summed E-state index contributed by atoms with van der Waals surface area (Å²) in [6.45, 7) is 5.21. The minimum Gasteiger partial charge on any atom is -1.00 e. The molecule has 2 aromatic heterocycles. The first-order valence-electron chi connectivity index (χ1n) is 7.61. The van der Waals surface area contributed by atoms with E-state index in [4.69, 9.17) is 0 Å². The van der Waals surface area contributed by atoms with Gasteiger partial charge in [0.15, 0.2) is 0 Å². The molecule has 2 rings (SSSR count). The SMILES string of the molecule is BrCCCBr.Cc1n(CCCBr)cc[n+]1C.Cc1nccn1C.[Br-]. The summed E-state index contributed by atoms with van der Waals surface area (Å²) < 4.78 is 6.37. The van der Waals surface area contributed by atoms with E-state index in [2.05, 4.69) is 88.3 Å². The number of hydrogen-bond acceptors (Lipinski definition) is 1. The summed E-state index contributed by atoms with van der Waals surface area (Å²) in [7, 11) is 4.04. The van der Waals surface area contributed by atoms with Gasteiger partial charge in [0.05, 0.1) is 13.6 Å². The maximum Gasteiger partial charge on any atom is 0.253 e. The molecule has 2 heterocycles. The molecular weight excluding hydrogens is 568 g/mol. The second-order valence-corrected chi connectivity index (χ2v) is 7.39. The molecule has 0 amide bonds. The summed E-state index contributed by atoms with van der Waals surface area (Å²) in [6.07, 6.45) is 10.3. The Labute approximate surface area is 182 Å². The van der Waals surface area contributed by atoms with Crippen molar-refractivity contribution in [3.05, 3.63) is 36.4 Å². The molecule has 0 unspecified atom stereocenters. The van der Waals surface area contributed by atoms with Crippen LogP contribution >= 0.6 is 47.8 Å². The molecule has 8 heteroatoms. The zero-order valence-corrected chi connectivity index (χ0v) is 21.2. The highest BCUT2D eigenvalue weighted by Gasteiger charge is 2.06. The fourth-order valence-electron chi connectivity index (χ4n) is 1.56. The molecule has 0 aliphatic heterocycles. The number of nitrogens with zero attached hydrogens (tertiary/aromatic N) is 4. The Balaban J connectivity index is 0. The second-order valence-electron chi connectivity index (χ2n) is 5.01. The van der Waals surface area contributed by atoms with Crippen molar-refractivity contribution in [2.45, 2.75) is 33.2 Å². The van der Waals surface area contributed by atoms with Gasteiger partial charge in [-0.15, -0.1) is 0 Å². The molecular formula is C16H28Br4N4. The Bertz CT molecular complexity index is 507. The van der Waals surface area contributed by atoms with Gasteiger partial charge in [0.1, 0.15) is 18.2 Å². The van der Waals surface area contributed by atoms with Gasteiger partial charge in [-0.25, -0.2) is 14.1 Å². The molecule has 0 spiro atoms. The smallest absolute Gasteiger partial charge is 0.253 e. The Morgan fingerprint density at radius 3 is 1.88 bits per heavy atom. The summed E-state index contributed by atoms with van der Waals surface area (Å²) in [5.41, 5.74) is 0. The average Bonchev–Trinajstić information content (AvgIpc) is 3.06. The Morgan fingerprint density at radius 1 is 1.04 bits per heavy atom. The van der Waals surface area contributed by atoms with E-state index in [9.17, 15) is 0 Å². The summed E-state index contributed by atoms with van der Waals surface area (Å²) in [5.74, 6) is 2.37. The fourth-order valence-corrected chi connectivity index (χ4v) is 3.12. The number of alkyl halides is 3. The summed E-state index contributed by atoms with van der Waals surface area (Å²) in [6, 6.07) is 0. The highest BCUT2D eigenvalue weighted by molar-refractivity contribution is 9.09. The van der Waals surface area contributed by atoms with Crippen molar-refractivity contribution in [2.24, 2.45) is 14.1 Å². The zero-order chi connectivity index (χ0) is 17.7. The number of aryl methyl sites for hydroxylation is 4. The minimum absolute atomic E-state index is 0. The fraction of sp³-hybridized carbons (Fsp3) is 0.625. The predicted octanol–water partition coefficient (Wildman–Crippen LogP) is 1.30. The van der Waals surface area contributed by atoms with Crippen LogP contribution in [0.25, 0.3) is 0 Å². The standard InChI is InChI=1S/C8H14BrN2.C5H8N2.C3H6Br2.BrH/c1-8-10(2)6-7-11(8)5-3-4-9;1-5-6-3-4-7(5)2;4-2-1-3-5;/h6-7H,3-5H2,1-2H3;3-4H,1-2H3;1-3H2;1H/q+1;;;/p-1. The molecule has 0 aliphatic carbocycles. The van der Waals surface area contributed by atoms with Gasteiger partial charge in [-0.05, 0) is 19.8 Å². The van der Waals surface area contributed by atoms with Crippen LogP contribution in [0.2, 0.25) is 0 Å². The van der Waals surface area contributed by atoms with Crippen molar-refractivity contribution < 1.29 is 21.5 Å². The molecule has 0 saturated carbocycles. The third-order valence-electron chi connectivity index (χ3n) is 3.26. The van der Waals surface area contributed by atoms with Crippen LogP contribution in [0.1, 0.15) is 24.5 Å². The van der Waals surface area contributed by atoms with Crippen molar-refractivity contribution in [1.82, 2.24) is 14.1 Å². The van der Waals surface area contributed by atoms with Crippen molar-refractivity contribution >= 4 is 47.8 Å². The van der Waals surface area contributed by atoms with E-state index < -0.39 is 0 Å². The molecule has 0 N–H and O–H groups in total. The summed E-state index contributed by atoms with van der Waals surface area (Å²) in [4.78, 5) is 3.98. The highest BCUT2D eigenvalue weighted by Crippen LogP contribution is 1.97. The minimum atomic E-state index is 0. The predicted molar refractivity (Wildman–Crippen MR) is 109 cm³/mol. The summed E-state index contributed by atoms with van der Waals surface area (Å²) >= 11 is 9.98. The van der Waals surface area contributed by atoms with Crippen LogP contribution in [0, 0.1) is 13.8 Å². The first kappa shape index (κ1) is 26.6. The second kappa shape index (κ2) is 16.8. The molecule has 0 radical (unpaired) electrons. The average molecular weight is 596 g/mol. The van der Waals surface area contributed by atoms with E-state index in [1.807, 2.05) is 24.7 Å².